The Morgan fingerprint density at radius 1 is 1.13 bits per heavy atom. The third-order valence-electron chi connectivity index (χ3n) is 4.61. The molecule has 1 aliphatic carbocycles. The predicted octanol–water partition coefficient (Wildman–Crippen LogP) is 4.25. The van der Waals surface area contributed by atoms with E-state index in [0.29, 0.717) is 5.56 Å². The van der Waals surface area contributed by atoms with Crippen LogP contribution in [0.5, 0.6) is 0 Å². The number of fused-ring (bicyclic) bond motifs is 2. The summed E-state index contributed by atoms with van der Waals surface area (Å²) < 4.78 is 14.1. The fourth-order valence-electron chi connectivity index (χ4n) is 3.44. The van der Waals surface area contributed by atoms with Crippen LogP contribution >= 0.6 is 0 Å². The molecule has 4 heteroatoms. The highest BCUT2D eigenvalue weighted by atomic mass is 19.1. The summed E-state index contributed by atoms with van der Waals surface area (Å²) in [6.45, 7) is 0.238. The lowest BCUT2D eigenvalue weighted by Gasteiger charge is -2.25. The minimum atomic E-state index is -0.283. The van der Waals surface area contributed by atoms with Crippen LogP contribution in [0.3, 0.4) is 0 Å². The fourth-order valence-corrected chi connectivity index (χ4v) is 3.44. The van der Waals surface area contributed by atoms with Crippen LogP contribution in [-0.2, 0) is 11.3 Å². The van der Waals surface area contributed by atoms with Gasteiger partial charge in [0.05, 0.1) is 23.8 Å². The number of para-hydroxylation sites is 2. The zero-order valence-electron chi connectivity index (χ0n) is 12.7. The van der Waals surface area contributed by atoms with Gasteiger partial charge in [0.2, 0.25) is 5.91 Å². The first kappa shape index (κ1) is 14.1. The van der Waals surface area contributed by atoms with Crippen molar-refractivity contribution in [2.24, 2.45) is 10.9 Å². The molecule has 1 saturated carbocycles. The molecular formula is C19H17FN2O. The first-order chi connectivity index (χ1) is 11.2. The van der Waals surface area contributed by atoms with Crippen molar-refractivity contribution in [3.8, 4) is 0 Å². The molecule has 23 heavy (non-hydrogen) atoms. The molecule has 0 N–H and O–H groups in total. The van der Waals surface area contributed by atoms with Gasteiger partial charge in [0.25, 0.3) is 0 Å². The zero-order valence-corrected chi connectivity index (χ0v) is 12.7. The molecule has 1 fully saturated rings. The summed E-state index contributed by atoms with van der Waals surface area (Å²) in [6.07, 6.45) is 2.70. The number of hydrogen-bond acceptors (Lipinski definition) is 2. The Kier molecular flexibility index (Phi) is 3.45. The molecule has 2 aromatic carbocycles. The SMILES string of the molecule is O=C1C2CCCC2=Nc2ccccc2N1Cc1ccccc1F. The van der Waals surface area contributed by atoms with E-state index in [0.717, 1.165) is 36.3 Å². The van der Waals surface area contributed by atoms with E-state index in [4.69, 9.17) is 4.99 Å². The number of anilines is 1. The van der Waals surface area contributed by atoms with Crippen molar-refractivity contribution in [3.63, 3.8) is 0 Å². The number of rotatable bonds is 2. The van der Waals surface area contributed by atoms with Gasteiger partial charge in [0.15, 0.2) is 0 Å². The summed E-state index contributed by atoms with van der Waals surface area (Å²) >= 11 is 0. The Morgan fingerprint density at radius 2 is 1.91 bits per heavy atom. The predicted molar refractivity (Wildman–Crippen MR) is 88.5 cm³/mol. The van der Waals surface area contributed by atoms with Crippen LogP contribution in [0.2, 0.25) is 0 Å². The summed E-state index contributed by atoms with van der Waals surface area (Å²) in [5, 5.41) is 0. The van der Waals surface area contributed by atoms with E-state index in [1.165, 1.54) is 6.07 Å². The third kappa shape index (κ3) is 2.44. The van der Waals surface area contributed by atoms with Gasteiger partial charge in [0, 0.05) is 11.3 Å². The lowest BCUT2D eigenvalue weighted by Crippen LogP contribution is -2.36. The van der Waals surface area contributed by atoms with Gasteiger partial charge >= 0.3 is 0 Å². The van der Waals surface area contributed by atoms with Gasteiger partial charge in [0.1, 0.15) is 5.82 Å². The normalized spacial score (nSPS) is 19.9. The molecule has 0 aromatic heterocycles. The number of nitrogens with zero attached hydrogens (tertiary/aromatic N) is 2. The van der Waals surface area contributed by atoms with Gasteiger partial charge in [-0.25, -0.2) is 4.39 Å². The number of aliphatic imine (C=N–C) groups is 1. The van der Waals surface area contributed by atoms with E-state index >= 15 is 0 Å². The molecular weight excluding hydrogens is 291 g/mol. The highest BCUT2D eigenvalue weighted by molar-refractivity contribution is 6.14. The van der Waals surface area contributed by atoms with Gasteiger partial charge in [-0.15, -0.1) is 0 Å². The molecule has 3 nitrogen and oxygen atoms in total. The topological polar surface area (TPSA) is 32.7 Å². The van der Waals surface area contributed by atoms with Crippen LogP contribution in [0.25, 0.3) is 0 Å². The van der Waals surface area contributed by atoms with Crippen molar-refractivity contribution in [2.75, 3.05) is 4.90 Å². The number of amides is 1. The minimum absolute atomic E-state index is 0.0365. The first-order valence-corrected chi connectivity index (χ1v) is 7.95. The van der Waals surface area contributed by atoms with E-state index in [1.807, 2.05) is 24.3 Å². The Hall–Kier alpha value is -2.49. The Labute approximate surface area is 134 Å². The minimum Gasteiger partial charge on any atom is -0.305 e. The van der Waals surface area contributed by atoms with Gasteiger partial charge in [-0.2, -0.15) is 0 Å². The van der Waals surface area contributed by atoms with Crippen LogP contribution in [0.15, 0.2) is 53.5 Å². The molecule has 0 saturated heterocycles. The summed E-state index contributed by atoms with van der Waals surface area (Å²) in [5.41, 5.74) is 3.06. The number of benzene rings is 2. The zero-order chi connectivity index (χ0) is 15.8. The summed E-state index contributed by atoms with van der Waals surface area (Å²) in [7, 11) is 0. The number of halogens is 1. The number of hydrogen-bond donors (Lipinski definition) is 0. The molecule has 116 valence electrons. The Morgan fingerprint density at radius 3 is 2.78 bits per heavy atom. The number of carbonyl (C=O) groups excluding carboxylic acids is 1. The quantitative estimate of drug-likeness (QED) is 0.816. The highest BCUT2D eigenvalue weighted by Gasteiger charge is 2.36. The summed E-state index contributed by atoms with van der Waals surface area (Å²) in [5.74, 6) is -0.404. The Bertz CT molecular complexity index is 799. The van der Waals surface area contributed by atoms with Gasteiger partial charge < -0.3 is 4.90 Å². The van der Waals surface area contributed by atoms with Crippen molar-refractivity contribution in [2.45, 2.75) is 25.8 Å². The molecule has 1 unspecified atom stereocenters. The summed E-state index contributed by atoms with van der Waals surface area (Å²) in [6, 6.07) is 14.2. The van der Waals surface area contributed by atoms with Crippen LogP contribution in [0.4, 0.5) is 15.8 Å². The molecule has 1 heterocycles. The maximum atomic E-state index is 14.1. The second kappa shape index (κ2) is 5.61. The van der Waals surface area contributed by atoms with Crippen molar-refractivity contribution >= 4 is 23.0 Å². The second-order valence-electron chi connectivity index (χ2n) is 6.05. The lowest BCUT2D eigenvalue weighted by molar-refractivity contribution is -0.120. The van der Waals surface area contributed by atoms with E-state index < -0.39 is 0 Å². The number of carbonyl (C=O) groups is 1. The molecule has 1 aliphatic heterocycles. The molecule has 2 aromatic rings. The molecule has 0 spiro atoms. The third-order valence-corrected chi connectivity index (χ3v) is 4.61. The Balaban J connectivity index is 1.79. The van der Waals surface area contributed by atoms with E-state index in [9.17, 15) is 9.18 Å². The van der Waals surface area contributed by atoms with Crippen molar-refractivity contribution in [1.29, 1.82) is 0 Å². The van der Waals surface area contributed by atoms with Gasteiger partial charge in [-0.1, -0.05) is 30.3 Å². The molecule has 4 rings (SSSR count). The monoisotopic (exact) mass is 308 g/mol. The lowest BCUT2D eigenvalue weighted by atomic mass is 10.0. The van der Waals surface area contributed by atoms with Crippen LogP contribution in [0, 0.1) is 11.7 Å². The molecule has 2 aliphatic rings. The smallest absolute Gasteiger partial charge is 0.236 e. The van der Waals surface area contributed by atoms with E-state index in [2.05, 4.69) is 0 Å². The highest BCUT2D eigenvalue weighted by Crippen LogP contribution is 2.38. The average Bonchev–Trinajstić information content (AvgIpc) is 2.99. The van der Waals surface area contributed by atoms with Gasteiger partial charge in [-0.3, -0.25) is 9.79 Å². The fraction of sp³-hybridized carbons (Fsp3) is 0.263. The molecule has 1 atom stereocenters. The van der Waals surface area contributed by atoms with Crippen LogP contribution in [0.1, 0.15) is 24.8 Å². The van der Waals surface area contributed by atoms with Crippen LogP contribution in [-0.4, -0.2) is 11.6 Å². The first-order valence-electron chi connectivity index (χ1n) is 7.95. The van der Waals surface area contributed by atoms with Crippen LogP contribution < -0.4 is 4.90 Å². The largest absolute Gasteiger partial charge is 0.305 e. The van der Waals surface area contributed by atoms with E-state index in [1.54, 1.807) is 23.1 Å². The molecule has 1 amide bonds. The molecule has 0 radical (unpaired) electrons. The van der Waals surface area contributed by atoms with Crippen molar-refractivity contribution < 1.29 is 9.18 Å². The standard InChI is InChI=1S/C19H17FN2O/c20-15-8-2-1-6-13(15)12-22-18-11-4-3-9-17(18)21-16-10-5-7-14(16)19(22)23/h1-4,6,8-9,11,14H,5,7,10,12H2. The average molecular weight is 308 g/mol. The van der Waals surface area contributed by atoms with E-state index in [-0.39, 0.29) is 24.2 Å². The summed E-state index contributed by atoms with van der Waals surface area (Å²) in [4.78, 5) is 19.4. The maximum absolute atomic E-state index is 14.1. The van der Waals surface area contributed by atoms with Crippen molar-refractivity contribution in [3.05, 3.63) is 59.9 Å². The second-order valence-corrected chi connectivity index (χ2v) is 6.05. The molecule has 0 bridgehead atoms. The van der Waals surface area contributed by atoms with Gasteiger partial charge in [-0.05, 0) is 37.5 Å². The maximum Gasteiger partial charge on any atom is 0.236 e. The van der Waals surface area contributed by atoms with Crippen molar-refractivity contribution in [1.82, 2.24) is 0 Å².